The van der Waals surface area contributed by atoms with Crippen LogP contribution >= 0.6 is 11.3 Å². The van der Waals surface area contributed by atoms with E-state index in [1.54, 1.807) is 11.3 Å². The predicted octanol–water partition coefficient (Wildman–Crippen LogP) is 5.09. The molecule has 2 aromatic carbocycles. The zero-order valence-electron chi connectivity index (χ0n) is 16.9. The summed E-state index contributed by atoms with van der Waals surface area (Å²) in [5.74, 6) is 1.44. The predicted molar refractivity (Wildman–Crippen MR) is 119 cm³/mol. The zero-order valence-corrected chi connectivity index (χ0v) is 17.7. The molecule has 0 saturated heterocycles. The number of nitrogens with zero attached hydrogens (tertiary/aromatic N) is 1. The summed E-state index contributed by atoms with van der Waals surface area (Å²) in [6.07, 6.45) is 2.23. The molecule has 3 aromatic rings. The number of hydrogen-bond acceptors (Lipinski definition) is 5. The minimum Gasteiger partial charge on any atom is -0.486 e. The Bertz CT molecular complexity index is 1080. The van der Waals surface area contributed by atoms with Crippen molar-refractivity contribution in [2.45, 2.75) is 25.8 Å². The van der Waals surface area contributed by atoms with Crippen LogP contribution in [0.2, 0.25) is 0 Å². The Morgan fingerprint density at radius 3 is 2.80 bits per heavy atom. The molecule has 1 atom stereocenters. The van der Waals surface area contributed by atoms with E-state index in [0.29, 0.717) is 13.2 Å². The van der Waals surface area contributed by atoms with Gasteiger partial charge in [0.2, 0.25) is 0 Å². The molecule has 0 radical (unpaired) electrons. The second-order valence-corrected chi connectivity index (χ2v) is 8.68. The van der Waals surface area contributed by atoms with E-state index in [2.05, 4.69) is 40.5 Å². The summed E-state index contributed by atoms with van der Waals surface area (Å²) in [6.45, 7) is 4.08. The normalized spacial score (nSPS) is 16.0. The molecule has 1 N–H and O–H groups in total. The monoisotopic (exact) mass is 420 g/mol. The lowest BCUT2D eigenvalue weighted by Gasteiger charge is -2.30. The van der Waals surface area contributed by atoms with Crippen LogP contribution in [0.15, 0.2) is 54.6 Å². The first-order valence-corrected chi connectivity index (χ1v) is 11.2. The lowest BCUT2D eigenvalue weighted by molar-refractivity contribution is 0.0944. The van der Waals surface area contributed by atoms with Gasteiger partial charge in [-0.3, -0.25) is 4.79 Å². The highest BCUT2D eigenvalue weighted by Gasteiger charge is 2.21. The number of para-hydroxylation sites is 1. The lowest BCUT2D eigenvalue weighted by atomic mass is 10.0. The van der Waals surface area contributed by atoms with E-state index in [1.165, 1.54) is 11.3 Å². The van der Waals surface area contributed by atoms with Gasteiger partial charge in [0.05, 0.1) is 15.9 Å². The number of rotatable bonds is 4. The number of benzene rings is 2. The van der Waals surface area contributed by atoms with Crippen LogP contribution in [0.5, 0.6) is 11.5 Å². The second-order valence-electron chi connectivity index (χ2n) is 7.62. The molecule has 0 spiro atoms. The molecular formula is C24H24N2O3S. The zero-order chi connectivity index (χ0) is 20.5. The van der Waals surface area contributed by atoms with Crippen molar-refractivity contribution in [3.05, 3.63) is 70.6 Å². The molecule has 1 amide bonds. The largest absolute Gasteiger partial charge is 0.486 e. The number of fused-ring (bicyclic) bond motifs is 2. The number of carbonyl (C=O) groups is 1. The van der Waals surface area contributed by atoms with Crippen molar-refractivity contribution >= 4 is 27.9 Å². The van der Waals surface area contributed by atoms with E-state index in [9.17, 15) is 4.79 Å². The first-order chi connectivity index (χ1) is 14.7. The number of hydrogen-bond donors (Lipinski definition) is 1. The van der Waals surface area contributed by atoms with Gasteiger partial charge >= 0.3 is 0 Å². The Hall–Kier alpha value is -2.99. The Labute approximate surface area is 180 Å². The van der Waals surface area contributed by atoms with Gasteiger partial charge < -0.3 is 19.7 Å². The van der Waals surface area contributed by atoms with Gasteiger partial charge in [-0.1, -0.05) is 24.3 Å². The van der Waals surface area contributed by atoms with Crippen LogP contribution in [-0.4, -0.2) is 25.7 Å². The number of nitrogens with one attached hydrogen (secondary N) is 1. The average Bonchev–Trinajstić information content (AvgIpc) is 3.28. The maximum Gasteiger partial charge on any atom is 0.261 e. The van der Waals surface area contributed by atoms with Crippen molar-refractivity contribution in [1.82, 2.24) is 5.32 Å². The molecular weight excluding hydrogens is 396 g/mol. The highest BCUT2D eigenvalue weighted by molar-refractivity contribution is 7.18. The van der Waals surface area contributed by atoms with Crippen molar-refractivity contribution in [3.8, 4) is 11.5 Å². The third-order valence-corrected chi connectivity index (χ3v) is 6.71. The first-order valence-electron chi connectivity index (χ1n) is 10.3. The van der Waals surface area contributed by atoms with Crippen LogP contribution < -0.4 is 19.7 Å². The van der Waals surface area contributed by atoms with Crippen molar-refractivity contribution in [2.75, 3.05) is 24.7 Å². The van der Waals surface area contributed by atoms with Gasteiger partial charge in [-0.05, 0) is 61.2 Å². The first kappa shape index (κ1) is 19.0. The third-order valence-electron chi connectivity index (χ3n) is 5.61. The highest BCUT2D eigenvalue weighted by atomic mass is 32.1. The lowest BCUT2D eigenvalue weighted by Crippen LogP contribution is -2.26. The van der Waals surface area contributed by atoms with Crippen LogP contribution in [0, 0.1) is 0 Å². The Morgan fingerprint density at radius 1 is 1.07 bits per heavy atom. The number of carbonyl (C=O) groups excluding carboxylic acids is 1. The molecule has 3 heterocycles. The second kappa shape index (κ2) is 8.03. The van der Waals surface area contributed by atoms with Gasteiger partial charge in [-0.25, -0.2) is 0 Å². The summed E-state index contributed by atoms with van der Waals surface area (Å²) >= 11 is 1.54. The molecule has 0 saturated carbocycles. The average molecular weight is 421 g/mol. The standard InChI is InChI=1S/C24H24N2O3S/c1-16(18-8-9-20-21(15-18)29-14-13-28-20)25-24(27)22-10-11-23(30-22)26-12-4-6-17-5-2-3-7-19(17)26/h2-3,5,7-11,15-16H,4,6,12-14H2,1H3,(H,25,27)/t16-/m0/s1. The quantitative estimate of drug-likeness (QED) is 0.638. The maximum atomic E-state index is 12.9. The summed E-state index contributed by atoms with van der Waals surface area (Å²) < 4.78 is 11.2. The van der Waals surface area contributed by atoms with Crippen molar-refractivity contribution in [3.63, 3.8) is 0 Å². The fourth-order valence-electron chi connectivity index (χ4n) is 4.04. The summed E-state index contributed by atoms with van der Waals surface area (Å²) in [5, 5.41) is 4.22. The minimum absolute atomic E-state index is 0.0565. The van der Waals surface area contributed by atoms with Crippen LogP contribution in [0.25, 0.3) is 0 Å². The molecule has 6 heteroatoms. The number of aryl methyl sites for hydroxylation is 1. The molecule has 2 aliphatic heterocycles. The summed E-state index contributed by atoms with van der Waals surface area (Å²) in [6, 6.07) is 18.2. The van der Waals surface area contributed by atoms with E-state index in [0.717, 1.165) is 46.3 Å². The van der Waals surface area contributed by atoms with Crippen LogP contribution in [0.1, 0.15) is 40.2 Å². The van der Waals surface area contributed by atoms with E-state index < -0.39 is 0 Å². The molecule has 5 rings (SSSR count). The van der Waals surface area contributed by atoms with Gasteiger partial charge in [0, 0.05) is 12.2 Å². The number of thiophene rings is 1. The van der Waals surface area contributed by atoms with Gasteiger partial charge in [0.1, 0.15) is 13.2 Å². The summed E-state index contributed by atoms with van der Waals surface area (Å²) in [7, 11) is 0. The van der Waals surface area contributed by atoms with Crippen LogP contribution in [-0.2, 0) is 6.42 Å². The number of ether oxygens (including phenoxy) is 2. The van der Waals surface area contributed by atoms with Gasteiger partial charge in [-0.15, -0.1) is 11.3 Å². The van der Waals surface area contributed by atoms with E-state index in [-0.39, 0.29) is 11.9 Å². The van der Waals surface area contributed by atoms with Crippen LogP contribution in [0.4, 0.5) is 10.7 Å². The van der Waals surface area contributed by atoms with Crippen LogP contribution in [0.3, 0.4) is 0 Å². The molecule has 1 aromatic heterocycles. The van der Waals surface area contributed by atoms with Crippen molar-refractivity contribution in [2.24, 2.45) is 0 Å². The molecule has 0 unspecified atom stereocenters. The van der Waals surface area contributed by atoms with Crippen molar-refractivity contribution < 1.29 is 14.3 Å². The summed E-state index contributed by atoms with van der Waals surface area (Å²) in [5.41, 5.74) is 3.62. The van der Waals surface area contributed by atoms with Gasteiger partial charge in [0.25, 0.3) is 5.91 Å². The fourth-order valence-corrected chi connectivity index (χ4v) is 4.99. The minimum atomic E-state index is -0.130. The Kier molecular flexibility index (Phi) is 5.09. The Balaban J connectivity index is 1.30. The topological polar surface area (TPSA) is 50.8 Å². The molecule has 0 aliphatic carbocycles. The molecule has 0 fully saturated rings. The SMILES string of the molecule is C[C@H](NC(=O)c1ccc(N2CCCc3ccccc32)s1)c1ccc2c(c1)OCCO2. The number of amides is 1. The van der Waals surface area contributed by atoms with Crippen molar-refractivity contribution in [1.29, 1.82) is 0 Å². The van der Waals surface area contributed by atoms with E-state index >= 15 is 0 Å². The molecule has 0 bridgehead atoms. The number of anilines is 2. The molecule has 30 heavy (non-hydrogen) atoms. The smallest absolute Gasteiger partial charge is 0.261 e. The van der Waals surface area contributed by atoms with Gasteiger partial charge in [0.15, 0.2) is 11.5 Å². The molecule has 5 nitrogen and oxygen atoms in total. The fraction of sp³-hybridized carbons (Fsp3) is 0.292. The Morgan fingerprint density at radius 2 is 1.90 bits per heavy atom. The van der Waals surface area contributed by atoms with Gasteiger partial charge in [-0.2, -0.15) is 0 Å². The maximum absolute atomic E-state index is 12.9. The summed E-state index contributed by atoms with van der Waals surface area (Å²) in [4.78, 5) is 15.9. The van der Waals surface area contributed by atoms with E-state index in [1.807, 2.05) is 31.2 Å². The molecule has 154 valence electrons. The van der Waals surface area contributed by atoms with E-state index in [4.69, 9.17) is 9.47 Å². The third kappa shape index (κ3) is 3.63. The molecule has 2 aliphatic rings. The highest BCUT2D eigenvalue weighted by Crippen LogP contribution is 2.37.